The van der Waals surface area contributed by atoms with E-state index in [0.29, 0.717) is 15.6 Å². The number of halogens is 2. The highest BCUT2D eigenvalue weighted by Crippen LogP contribution is 2.24. The van der Waals surface area contributed by atoms with Crippen molar-refractivity contribution in [3.63, 3.8) is 0 Å². The predicted octanol–water partition coefficient (Wildman–Crippen LogP) is 4.08. The summed E-state index contributed by atoms with van der Waals surface area (Å²) in [6, 6.07) is 12.6. The van der Waals surface area contributed by atoms with Gasteiger partial charge in [0.25, 0.3) is 5.91 Å². The van der Waals surface area contributed by atoms with Crippen LogP contribution in [0.5, 0.6) is 0 Å². The minimum absolute atomic E-state index is 0.220. The van der Waals surface area contributed by atoms with Gasteiger partial charge in [-0.25, -0.2) is 0 Å². The molecule has 2 aromatic rings. The number of morpholine rings is 1. The molecule has 0 unspecified atom stereocenters. The fraction of sp³-hybridized carbons (Fsp3) is 0.235. The fourth-order valence-electron chi connectivity index (χ4n) is 2.44. The summed E-state index contributed by atoms with van der Waals surface area (Å²) in [5.41, 5.74) is 2.28. The van der Waals surface area contributed by atoms with Crippen LogP contribution in [0.25, 0.3) is 0 Å². The zero-order chi connectivity index (χ0) is 16.2. The Labute approximate surface area is 144 Å². The van der Waals surface area contributed by atoms with Crippen molar-refractivity contribution >= 4 is 40.5 Å². The molecule has 3 rings (SSSR count). The van der Waals surface area contributed by atoms with Crippen LogP contribution in [-0.4, -0.2) is 32.2 Å². The maximum absolute atomic E-state index is 12.3. The molecule has 1 N–H and O–H groups in total. The number of rotatable bonds is 3. The van der Waals surface area contributed by atoms with Crippen LogP contribution in [0.15, 0.2) is 42.5 Å². The summed E-state index contributed by atoms with van der Waals surface area (Å²) in [5.74, 6) is -0.220. The Balaban J connectivity index is 1.74. The van der Waals surface area contributed by atoms with Crippen molar-refractivity contribution in [2.75, 3.05) is 36.5 Å². The average molecular weight is 351 g/mol. The van der Waals surface area contributed by atoms with Crippen molar-refractivity contribution in [2.24, 2.45) is 0 Å². The number of amides is 1. The highest BCUT2D eigenvalue weighted by atomic mass is 35.5. The van der Waals surface area contributed by atoms with Crippen LogP contribution in [0.3, 0.4) is 0 Å². The van der Waals surface area contributed by atoms with Gasteiger partial charge in [-0.05, 0) is 36.4 Å². The van der Waals surface area contributed by atoms with Gasteiger partial charge in [0.1, 0.15) is 0 Å². The largest absolute Gasteiger partial charge is 0.378 e. The zero-order valence-electron chi connectivity index (χ0n) is 12.4. The van der Waals surface area contributed by atoms with Gasteiger partial charge in [0, 0.05) is 30.0 Å². The van der Waals surface area contributed by atoms with Crippen molar-refractivity contribution < 1.29 is 9.53 Å². The lowest BCUT2D eigenvalue weighted by Gasteiger charge is -2.29. The number of benzene rings is 2. The first-order valence-corrected chi connectivity index (χ1v) is 8.08. The molecule has 2 aromatic carbocycles. The fourth-order valence-corrected chi connectivity index (χ4v) is 2.74. The summed E-state index contributed by atoms with van der Waals surface area (Å²) in [4.78, 5) is 14.6. The van der Waals surface area contributed by atoms with E-state index in [1.54, 1.807) is 18.2 Å². The average Bonchev–Trinajstić information content (AvgIpc) is 2.58. The first-order valence-electron chi connectivity index (χ1n) is 7.32. The first-order chi connectivity index (χ1) is 11.1. The summed E-state index contributed by atoms with van der Waals surface area (Å²) in [6.45, 7) is 3.15. The van der Waals surface area contributed by atoms with Gasteiger partial charge in [-0.3, -0.25) is 4.79 Å². The van der Waals surface area contributed by atoms with E-state index in [9.17, 15) is 4.79 Å². The minimum atomic E-state index is -0.220. The second-order valence-electron chi connectivity index (χ2n) is 5.23. The Kier molecular flexibility index (Phi) is 5.06. The summed E-state index contributed by atoms with van der Waals surface area (Å²) < 4.78 is 5.36. The maximum atomic E-state index is 12.3. The van der Waals surface area contributed by atoms with E-state index in [2.05, 4.69) is 10.2 Å². The third-order valence-electron chi connectivity index (χ3n) is 3.66. The standard InChI is InChI=1S/C17H16Cl2N2O2/c18-15-5-4-12(10-16(15)19)17(22)20-13-2-1-3-14(11-13)21-6-8-23-9-7-21/h1-5,10-11H,6-9H2,(H,20,22). The molecular weight excluding hydrogens is 335 g/mol. The van der Waals surface area contributed by atoms with Gasteiger partial charge in [0.05, 0.1) is 23.3 Å². The molecule has 6 heteroatoms. The van der Waals surface area contributed by atoms with Crippen LogP contribution in [0.1, 0.15) is 10.4 Å². The lowest BCUT2D eigenvalue weighted by molar-refractivity contribution is 0.102. The molecule has 1 aliphatic rings. The van der Waals surface area contributed by atoms with Crippen LogP contribution in [-0.2, 0) is 4.74 Å². The van der Waals surface area contributed by atoms with Gasteiger partial charge >= 0.3 is 0 Å². The second-order valence-corrected chi connectivity index (χ2v) is 6.05. The molecule has 0 atom stereocenters. The monoisotopic (exact) mass is 350 g/mol. The van der Waals surface area contributed by atoms with E-state index >= 15 is 0 Å². The highest BCUT2D eigenvalue weighted by molar-refractivity contribution is 6.42. The number of carbonyl (C=O) groups is 1. The van der Waals surface area contributed by atoms with E-state index < -0.39 is 0 Å². The lowest BCUT2D eigenvalue weighted by Crippen LogP contribution is -2.36. The Bertz CT molecular complexity index is 715. The van der Waals surface area contributed by atoms with Gasteiger partial charge < -0.3 is 15.0 Å². The molecule has 4 nitrogen and oxygen atoms in total. The van der Waals surface area contributed by atoms with Crippen molar-refractivity contribution in [1.82, 2.24) is 0 Å². The molecule has 0 aliphatic carbocycles. The van der Waals surface area contributed by atoms with Gasteiger partial charge in [-0.2, -0.15) is 0 Å². The van der Waals surface area contributed by atoms with Gasteiger partial charge in [0.2, 0.25) is 0 Å². The minimum Gasteiger partial charge on any atom is -0.378 e. The topological polar surface area (TPSA) is 41.6 Å². The SMILES string of the molecule is O=C(Nc1cccc(N2CCOCC2)c1)c1ccc(Cl)c(Cl)c1. The molecular formula is C17H16Cl2N2O2. The summed E-state index contributed by atoms with van der Waals surface area (Å²) in [6.07, 6.45) is 0. The Hall–Kier alpha value is -1.75. The molecule has 0 aromatic heterocycles. The molecule has 0 radical (unpaired) electrons. The molecule has 1 amide bonds. The number of hydrogen-bond donors (Lipinski definition) is 1. The Morgan fingerprint density at radius 3 is 2.57 bits per heavy atom. The van der Waals surface area contributed by atoms with Crippen molar-refractivity contribution in [1.29, 1.82) is 0 Å². The summed E-state index contributed by atoms with van der Waals surface area (Å²) in [7, 11) is 0. The molecule has 0 spiro atoms. The number of hydrogen-bond acceptors (Lipinski definition) is 3. The third-order valence-corrected chi connectivity index (χ3v) is 4.40. The first kappa shape index (κ1) is 16.1. The van der Waals surface area contributed by atoms with Crippen molar-refractivity contribution in [2.45, 2.75) is 0 Å². The maximum Gasteiger partial charge on any atom is 0.255 e. The molecule has 120 valence electrons. The number of nitrogens with zero attached hydrogens (tertiary/aromatic N) is 1. The van der Waals surface area contributed by atoms with Crippen LogP contribution >= 0.6 is 23.2 Å². The van der Waals surface area contributed by atoms with E-state index in [-0.39, 0.29) is 5.91 Å². The third kappa shape index (κ3) is 3.96. The molecule has 0 saturated carbocycles. The van der Waals surface area contributed by atoms with Gasteiger partial charge in [0.15, 0.2) is 0 Å². The lowest BCUT2D eigenvalue weighted by atomic mass is 10.2. The quantitative estimate of drug-likeness (QED) is 0.906. The number of carbonyl (C=O) groups excluding carboxylic acids is 1. The molecule has 1 saturated heterocycles. The Morgan fingerprint density at radius 2 is 1.83 bits per heavy atom. The molecule has 1 heterocycles. The smallest absolute Gasteiger partial charge is 0.255 e. The molecule has 1 aliphatic heterocycles. The molecule has 1 fully saturated rings. The highest BCUT2D eigenvalue weighted by Gasteiger charge is 2.13. The van der Waals surface area contributed by atoms with Crippen molar-refractivity contribution in [3.05, 3.63) is 58.1 Å². The zero-order valence-corrected chi connectivity index (χ0v) is 13.9. The van der Waals surface area contributed by atoms with Gasteiger partial charge in [-0.1, -0.05) is 29.3 Å². The van der Waals surface area contributed by atoms with E-state index in [1.165, 1.54) is 0 Å². The summed E-state index contributed by atoms with van der Waals surface area (Å²) in [5, 5.41) is 3.68. The number of nitrogens with one attached hydrogen (secondary N) is 1. The summed E-state index contributed by atoms with van der Waals surface area (Å²) >= 11 is 11.8. The van der Waals surface area contributed by atoms with Crippen molar-refractivity contribution in [3.8, 4) is 0 Å². The van der Waals surface area contributed by atoms with E-state index in [1.807, 2.05) is 24.3 Å². The van der Waals surface area contributed by atoms with E-state index in [0.717, 1.165) is 37.7 Å². The van der Waals surface area contributed by atoms with Crippen LogP contribution in [0.4, 0.5) is 11.4 Å². The van der Waals surface area contributed by atoms with E-state index in [4.69, 9.17) is 27.9 Å². The predicted molar refractivity (Wildman–Crippen MR) is 93.9 cm³/mol. The van der Waals surface area contributed by atoms with Crippen LogP contribution in [0.2, 0.25) is 10.0 Å². The molecule has 23 heavy (non-hydrogen) atoms. The van der Waals surface area contributed by atoms with Gasteiger partial charge in [-0.15, -0.1) is 0 Å². The normalized spacial score (nSPS) is 14.6. The van der Waals surface area contributed by atoms with Crippen LogP contribution < -0.4 is 10.2 Å². The van der Waals surface area contributed by atoms with Crippen LogP contribution in [0, 0.1) is 0 Å². The number of ether oxygens (including phenoxy) is 1. The number of anilines is 2. The molecule has 0 bridgehead atoms. The Morgan fingerprint density at radius 1 is 1.04 bits per heavy atom. The second kappa shape index (κ2) is 7.21.